The Hall–Kier alpha value is -2.02. The summed E-state index contributed by atoms with van der Waals surface area (Å²) in [4.78, 5) is 20.3. The summed E-state index contributed by atoms with van der Waals surface area (Å²) in [7, 11) is 0. The maximum atomic E-state index is 11.9. The molecular formula is C13H19N5O2. The molecule has 0 spiro atoms. The summed E-state index contributed by atoms with van der Waals surface area (Å²) >= 11 is 0. The zero-order valence-electron chi connectivity index (χ0n) is 11.9. The summed E-state index contributed by atoms with van der Waals surface area (Å²) in [6, 6.07) is 1.88. The molecule has 1 atom stereocenters. The van der Waals surface area contributed by atoms with Gasteiger partial charge in [0.1, 0.15) is 0 Å². The van der Waals surface area contributed by atoms with E-state index in [4.69, 9.17) is 5.11 Å². The van der Waals surface area contributed by atoms with E-state index in [1.54, 1.807) is 11.4 Å². The van der Waals surface area contributed by atoms with E-state index in [1.807, 2.05) is 19.9 Å². The third kappa shape index (κ3) is 3.30. The molecule has 108 valence electrons. The van der Waals surface area contributed by atoms with Crippen molar-refractivity contribution in [2.45, 2.75) is 39.7 Å². The van der Waals surface area contributed by atoms with Crippen LogP contribution in [0.5, 0.6) is 0 Å². The first-order chi connectivity index (χ1) is 9.47. The summed E-state index contributed by atoms with van der Waals surface area (Å²) in [5.74, 6) is 0.220. The molecule has 0 radical (unpaired) electrons. The van der Waals surface area contributed by atoms with E-state index in [9.17, 15) is 4.79 Å². The lowest BCUT2D eigenvalue weighted by Gasteiger charge is -2.04. The summed E-state index contributed by atoms with van der Waals surface area (Å²) in [5, 5.41) is 16.0. The average Bonchev–Trinajstić information content (AvgIpc) is 2.78. The van der Waals surface area contributed by atoms with Crippen molar-refractivity contribution in [3.05, 3.63) is 23.3 Å². The molecule has 0 aliphatic heterocycles. The lowest BCUT2D eigenvalue weighted by atomic mass is 10.2. The summed E-state index contributed by atoms with van der Waals surface area (Å²) in [6.07, 6.45) is 1.02. The Morgan fingerprint density at radius 3 is 2.90 bits per heavy atom. The van der Waals surface area contributed by atoms with Crippen LogP contribution >= 0.6 is 0 Å². The number of aliphatic hydroxyl groups excluding tert-OH is 1. The number of carbonyl (C=O) groups is 1. The number of aromatic nitrogens is 4. The maximum absolute atomic E-state index is 11.9. The molecule has 0 aliphatic carbocycles. The van der Waals surface area contributed by atoms with Gasteiger partial charge in [0.15, 0.2) is 0 Å². The van der Waals surface area contributed by atoms with Crippen molar-refractivity contribution in [1.29, 1.82) is 0 Å². The molecule has 1 unspecified atom stereocenters. The second kappa shape index (κ2) is 5.96. The molecule has 20 heavy (non-hydrogen) atoms. The summed E-state index contributed by atoms with van der Waals surface area (Å²) in [6.45, 7) is 5.98. The van der Waals surface area contributed by atoms with E-state index in [2.05, 4.69) is 20.4 Å². The van der Waals surface area contributed by atoms with E-state index in [-0.39, 0.29) is 17.8 Å². The molecule has 0 saturated carbocycles. The number of nitrogens with one attached hydrogen (secondary N) is 1. The van der Waals surface area contributed by atoms with Crippen LogP contribution in [0.2, 0.25) is 0 Å². The van der Waals surface area contributed by atoms with Crippen LogP contribution in [-0.2, 0) is 0 Å². The number of aliphatic hydroxyl groups is 1. The highest BCUT2D eigenvalue weighted by molar-refractivity contribution is 5.90. The van der Waals surface area contributed by atoms with Crippen LogP contribution in [0.25, 0.3) is 5.78 Å². The van der Waals surface area contributed by atoms with E-state index in [0.717, 1.165) is 11.4 Å². The van der Waals surface area contributed by atoms with Gasteiger partial charge in [-0.3, -0.25) is 4.79 Å². The number of hydrogen-bond acceptors (Lipinski definition) is 5. The highest BCUT2D eigenvalue weighted by Gasteiger charge is 2.14. The number of aryl methyl sites for hydroxylation is 2. The zero-order chi connectivity index (χ0) is 14.7. The fourth-order valence-corrected chi connectivity index (χ4v) is 1.94. The number of rotatable bonds is 5. The third-order valence-corrected chi connectivity index (χ3v) is 2.91. The van der Waals surface area contributed by atoms with Gasteiger partial charge in [0.25, 0.3) is 11.7 Å². The van der Waals surface area contributed by atoms with Crippen molar-refractivity contribution in [1.82, 2.24) is 24.9 Å². The van der Waals surface area contributed by atoms with Gasteiger partial charge in [-0.15, -0.1) is 5.10 Å². The summed E-state index contributed by atoms with van der Waals surface area (Å²) < 4.78 is 1.55. The lowest BCUT2D eigenvalue weighted by molar-refractivity contribution is 0.0939. The topological polar surface area (TPSA) is 92.4 Å². The first kappa shape index (κ1) is 14.4. The minimum atomic E-state index is -0.352. The van der Waals surface area contributed by atoms with Gasteiger partial charge in [-0.1, -0.05) is 0 Å². The van der Waals surface area contributed by atoms with E-state index >= 15 is 0 Å². The molecule has 0 aliphatic rings. The Morgan fingerprint density at radius 1 is 1.45 bits per heavy atom. The normalized spacial score (nSPS) is 12.6. The SMILES string of the molecule is Cc1cc(C)n2nc(C(=O)NCCCC(C)O)nc2n1. The van der Waals surface area contributed by atoms with Crippen molar-refractivity contribution >= 4 is 11.7 Å². The number of amides is 1. The largest absolute Gasteiger partial charge is 0.393 e. The number of hydrogen-bond donors (Lipinski definition) is 2. The van der Waals surface area contributed by atoms with Crippen LogP contribution in [0, 0.1) is 13.8 Å². The van der Waals surface area contributed by atoms with Gasteiger partial charge < -0.3 is 10.4 Å². The predicted molar refractivity (Wildman–Crippen MR) is 73.5 cm³/mol. The molecule has 2 N–H and O–H groups in total. The second-order valence-electron chi connectivity index (χ2n) is 4.93. The van der Waals surface area contributed by atoms with Gasteiger partial charge >= 0.3 is 0 Å². The molecule has 2 aromatic heterocycles. The molecule has 7 heteroatoms. The minimum absolute atomic E-state index is 0.114. The van der Waals surface area contributed by atoms with Crippen LogP contribution < -0.4 is 5.32 Å². The number of carbonyl (C=O) groups excluding carboxylic acids is 1. The molecular weight excluding hydrogens is 258 g/mol. The maximum Gasteiger partial charge on any atom is 0.291 e. The standard InChI is InChI=1S/C13H19N5O2/c1-8-7-9(2)18-13(15-8)16-11(17-18)12(20)14-6-4-5-10(3)19/h7,10,19H,4-6H2,1-3H3,(H,14,20). The lowest BCUT2D eigenvalue weighted by Crippen LogP contribution is -2.26. The minimum Gasteiger partial charge on any atom is -0.393 e. The molecule has 1 amide bonds. The highest BCUT2D eigenvalue weighted by atomic mass is 16.3. The molecule has 2 aromatic rings. The van der Waals surface area contributed by atoms with Gasteiger partial charge in [-0.25, -0.2) is 9.50 Å². The fraction of sp³-hybridized carbons (Fsp3) is 0.538. The molecule has 0 aromatic carbocycles. The Kier molecular flexibility index (Phi) is 4.29. The Labute approximate surface area is 117 Å². The molecule has 0 saturated heterocycles. The van der Waals surface area contributed by atoms with Crippen molar-refractivity contribution in [3.63, 3.8) is 0 Å². The molecule has 0 bridgehead atoms. The zero-order valence-corrected chi connectivity index (χ0v) is 11.9. The van der Waals surface area contributed by atoms with E-state index < -0.39 is 0 Å². The molecule has 7 nitrogen and oxygen atoms in total. The quantitative estimate of drug-likeness (QED) is 0.782. The second-order valence-corrected chi connectivity index (χ2v) is 4.93. The Bertz CT molecular complexity index is 620. The summed E-state index contributed by atoms with van der Waals surface area (Å²) in [5.41, 5.74) is 1.72. The smallest absolute Gasteiger partial charge is 0.291 e. The molecule has 2 heterocycles. The van der Waals surface area contributed by atoms with Gasteiger partial charge in [0.2, 0.25) is 5.82 Å². The van der Waals surface area contributed by atoms with Gasteiger partial charge in [0.05, 0.1) is 6.10 Å². The van der Waals surface area contributed by atoms with Gasteiger partial charge in [-0.2, -0.15) is 4.98 Å². The van der Waals surface area contributed by atoms with E-state index in [0.29, 0.717) is 25.2 Å². The first-order valence-electron chi connectivity index (χ1n) is 6.64. The van der Waals surface area contributed by atoms with Crippen molar-refractivity contribution in [2.24, 2.45) is 0 Å². The third-order valence-electron chi connectivity index (χ3n) is 2.91. The van der Waals surface area contributed by atoms with E-state index in [1.165, 1.54) is 0 Å². The van der Waals surface area contributed by atoms with Crippen LogP contribution in [0.15, 0.2) is 6.07 Å². The highest BCUT2D eigenvalue weighted by Crippen LogP contribution is 2.05. The predicted octanol–water partition coefficient (Wildman–Crippen LogP) is 0.632. The van der Waals surface area contributed by atoms with Crippen molar-refractivity contribution in [3.8, 4) is 0 Å². The van der Waals surface area contributed by atoms with Crippen LogP contribution in [0.1, 0.15) is 41.8 Å². The van der Waals surface area contributed by atoms with Crippen LogP contribution in [-0.4, -0.2) is 43.2 Å². The van der Waals surface area contributed by atoms with Crippen LogP contribution in [0.3, 0.4) is 0 Å². The van der Waals surface area contributed by atoms with Gasteiger partial charge in [-0.05, 0) is 39.7 Å². The molecule has 2 rings (SSSR count). The molecule has 0 fully saturated rings. The first-order valence-corrected chi connectivity index (χ1v) is 6.64. The van der Waals surface area contributed by atoms with Crippen molar-refractivity contribution < 1.29 is 9.90 Å². The van der Waals surface area contributed by atoms with Crippen LogP contribution in [0.4, 0.5) is 0 Å². The monoisotopic (exact) mass is 277 g/mol. The number of nitrogens with zero attached hydrogens (tertiary/aromatic N) is 4. The van der Waals surface area contributed by atoms with Gasteiger partial charge in [0, 0.05) is 17.9 Å². The Morgan fingerprint density at radius 2 is 2.20 bits per heavy atom. The number of fused-ring (bicyclic) bond motifs is 1. The average molecular weight is 277 g/mol. The Balaban J connectivity index is 2.05. The van der Waals surface area contributed by atoms with Crippen molar-refractivity contribution in [2.75, 3.05) is 6.54 Å². The fourth-order valence-electron chi connectivity index (χ4n) is 1.94.